The summed E-state index contributed by atoms with van der Waals surface area (Å²) in [5.41, 5.74) is 2.30. The Labute approximate surface area is 151 Å². The van der Waals surface area contributed by atoms with Crippen molar-refractivity contribution in [2.24, 2.45) is 0 Å². The molecule has 1 N–H and O–H groups in total. The van der Waals surface area contributed by atoms with Crippen molar-refractivity contribution in [3.05, 3.63) is 29.8 Å². The molecule has 1 aromatic rings. The largest absolute Gasteiger partial charge is 0.384 e. The summed E-state index contributed by atoms with van der Waals surface area (Å²) >= 11 is 0. The van der Waals surface area contributed by atoms with E-state index in [1.54, 1.807) is 4.90 Å². The highest BCUT2D eigenvalue weighted by molar-refractivity contribution is 7.91. The van der Waals surface area contributed by atoms with Gasteiger partial charge in [0.15, 0.2) is 9.84 Å². The van der Waals surface area contributed by atoms with Crippen LogP contribution in [0.15, 0.2) is 24.3 Å². The summed E-state index contributed by atoms with van der Waals surface area (Å²) in [5.74, 6) is 0.316. The predicted octanol–water partition coefficient (Wildman–Crippen LogP) is 2.82. The van der Waals surface area contributed by atoms with Crippen molar-refractivity contribution < 1.29 is 13.2 Å². The number of hydrogen-bond acceptors (Lipinski definition) is 4. The molecule has 1 saturated heterocycles. The first-order valence-corrected chi connectivity index (χ1v) is 10.8. The number of benzene rings is 1. The smallest absolute Gasteiger partial charge is 0.224 e. The molecular formula is C19H30N2O3S. The van der Waals surface area contributed by atoms with Crippen LogP contribution in [0.25, 0.3) is 0 Å². The minimum absolute atomic E-state index is 0.0188. The van der Waals surface area contributed by atoms with Gasteiger partial charge in [-0.05, 0) is 30.4 Å². The first-order chi connectivity index (χ1) is 11.6. The van der Waals surface area contributed by atoms with Crippen molar-refractivity contribution in [2.45, 2.75) is 52.0 Å². The highest BCUT2D eigenvalue weighted by atomic mass is 32.2. The van der Waals surface area contributed by atoms with Gasteiger partial charge in [-0.15, -0.1) is 0 Å². The zero-order valence-electron chi connectivity index (χ0n) is 15.7. The lowest BCUT2D eigenvalue weighted by molar-refractivity contribution is -0.132. The van der Waals surface area contributed by atoms with Crippen molar-refractivity contribution in [3.63, 3.8) is 0 Å². The molecule has 0 radical (unpaired) electrons. The molecule has 0 bridgehead atoms. The lowest BCUT2D eigenvalue weighted by Crippen LogP contribution is -2.41. The molecule has 1 heterocycles. The molecule has 1 aromatic carbocycles. The van der Waals surface area contributed by atoms with Crippen molar-refractivity contribution in [3.8, 4) is 0 Å². The normalized spacial score (nSPS) is 19.6. The van der Waals surface area contributed by atoms with E-state index in [1.165, 1.54) is 5.56 Å². The number of amides is 1. The third kappa shape index (κ3) is 5.21. The number of carbonyl (C=O) groups is 1. The second-order valence-electron chi connectivity index (χ2n) is 7.71. The van der Waals surface area contributed by atoms with Crippen LogP contribution >= 0.6 is 0 Å². The monoisotopic (exact) mass is 366 g/mol. The fourth-order valence-electron chi connectivity index (χ4n) is 3.40. The van der Waals surface area contributed by atoms with Crippen LogP contribution in [0.1, 0.15) is 46.1 Å². The summed E-state index contributed by atoms with van der Waals surface area (Å²) in [4.78, 5) is 14.3. The Bertz CT molecular complexity index is 708. The molecule has 25 heavy (non-hydrogen) atoms. The molecule has 6 heteroatoms. The van der Waals surface area contributed by atoms with E-state index in [0.717, 1.165) is 5.69 Å². The number of para-hydroxylation sites is 1. The number of hydrogen-bond donors (Lipinski definition) is 1. The zero-order chi connectivity index (χ0) is 18.7. The van der Waals surface area contributed by atoms with E-state index in [-0.39, 0.29) is 28.9 Å². The molecule has 2 rings (SSSR count). The van der Waals surface area contributed by atoms with Gasteiger partial charge in [0, 0.05) is 31.2 Å². The van der Waals surface area contributed by atoms with Crippen molar-refractivity contribution in [1.29, 1.82) is 0 Å². The molecule has 0 aromatic heterocycles. The summed E-state index contributed by atoms with van der Waals surface area (Å²) in [6, 6.07) is 7.99. The number of nitrogens with one attached hydrogen (secondary N) is 1. The number of nitrogens with zero attached hydrogens (tertiary/aromatic N) is 1. The van der Waals surface area contributed by atoms with Gasteiger partial charge in [0.25, 0.3) is 0 Å². The number of rotatable bonds is 6. The molecule has 5 nitrogen and oxygen atoms in total. The fraction of sp³-hybridized carbons (Fsp3) is 0.632. The average molecular weight is 367 g/mol. The molecule has 1 amide bonds. The van der Waals surface area contributed by atoms with Crippen molar-refractivity contribution in [1.82, 2.24) is 4.90 Å². The molecule has 0 aliphatic carbocycles. The molecule has 0 spiro atoms. The van der Waals surface area contributed by atoms with E-state index >= 15 is 0 Å². The maximum absolute atomic E-state index is 12.5. The van der Waals surface area contributed by atoms with Gasteiger partial charge in [0.05, 0.1) is 11.5 Å². The Morgan fingerprint density at radius 2 is 1.96 bits per heavy atom. The van der Waals surface area contributed by atoms with E-state index in [9.17, 15) is 13.2 Å². The quantitative estimate of drug-likeness (QED) is 0.841. The number of anilines is 1. The van der Waals surface area contributed by atoms with E-state index in [1.807, 2.05) is 25.1 Å². The average Bonchev–Trinajstić information content (AvgIpc) is 2.87. The molecule has 140 valence electrons. The Balaban J connectivity index is 1.94. The second-order valence-corrected chi connectivity index (χ2v) is 9.94. The first kappa shape index (κ1) is 19.8. The topological polar surface area (TPSA) is 66.5 Å². The Hall–Kier alpha value is -1.56. The molecule has 1 aliphatic rings. The summed E-state index contributed by atoms with van der Waals surface area (Å²) < 4.78 is 23.3. The maximum atomic E-state index is 12.5. The fourth-order valence-corrected chi connectivity index (χ4v) is 5.13. The van der Waals surface area contributed by atoms with E-state index < -0.39 is 9.84 Å². The highest BCUT2D eigenvalue weighted by Gasteiger charge is 2.33. The summed E-state index contributed by atoms with van der Waals surface area (Å²) in [7, 11) is -2.98. The van der Waals surface area contributed by atoms with E-state index in [0.29, 0.717) is 25.9 Å². The van der Waals surface area contributed by atoms with Crippen molar-refractivity contribution >= 4 is 21.4 Å². The summed E-state index contributed by atoms with van der Waals surface area (Å²) in [6.45, 7) is 9.50. The lowest BCUT2D eigenvalue weighted by atomic mass is 9.86. The van der Waals surface area contributed by atoms with Gasteiger partial charge in [-0.3, -0.25) is 4.79 Å². The van der Waals surface area contributed by atoms with Gasteiger partial charge in [-0.25, -0.2) is 8.42 Å². The maximum Gasteiger partial charge on any atom is 0.224 e. The van der Waals surface area contributed by atoms with E-state index in [4.69, 9.17) is 0 Å². The molecule has 0 saturated carbocycles. The molecule has 1 aliphatic heterocycles. The van der Waals surface area contributed by atoms with Crippen LogP contribution in [0.5, 0.6) is 0 Å². The standard InChI is InChI=1S/C19H30N2O3S/c1-5-21(15-11-13-25(23,24)14-15)18(22)10-12-20-17-9-7-6-8-16(17)19(2,3)4/h6-9,15,20H,5,10-14H2,1-4H3. The minimum Gasteiger partial charge on any atom is -0.384 e. The zero-order valence-corrected chi connectivity index (χ0v) is 16.5. The molecule has 1 unspecified atom stereocenters. The minimum atomic E-state index is -2.98. The highest BCUT2D eigenvalue weighted by Crippen LogP contribution is 2.29. The van der Waals surface area contributed by atoms with Crippen LogP contribution in [-0.4, -0.2) is 49.9 Å². The summed E-state index contributed by atoms with van der Waals surface area (Å²) in [6.07, 6.45) is 0.922. The van der Waals surface area contributed by atoms with Crippen LogP contribution in [0, 0.1) is 0 Å². The molecular weight excluding hydrogens is 336 g/mol. The first-order valence-electron chi connectivity index (χ1n) is 8.97. The van der Waals surface area contributed by atoms with Crippen LogP contribution in [-0.2, 0) is 20.0 Å². The third-order valence-electron chi connectivity index (χ3n) is 4.70. The predicted molar refractivity (Wildman–Crippen MR) is 103 cm³/mol. The van der Waals surface area contributed by atoms with Crippen LogP contribution < -0.4 is 5.32 Å². The lowest BCUT2D eigenvalue weighted by Gasteiger charge is -2.27. The Morgan fingerprint density at radius 3 is 2.52 bits per heavy atom. The van der Waals surface area contributed by atoms with Gasteiger partial charge >= 0.3 is 0 Å². The number of sulfone groups is 1. The van der Waals surface area contributed by atoms with Gasteiger partial charge in [0.1, 0.15) is 0 Å². The third-order valence-corrected chi connectivity index (χ3v) is 6.45. The van der Waals surface area contributed by atoms with E-state index in [2.05, 4.69) is 32.2 Å². The summed E-state index contributed by atoms with van der Waals surface area (Å²) in [5, 5.41) is 3.37. The Morgan fingerprint density at radius 1 is 1.28 bits per heavy atom. The van der Waals surface area contributed by atoms with Crippen LogP contribution in [0.3, 0.4) is 0 Å². The molecule has 1 fully saturated rings. The van der Waals surface area contributed by atoms with Crippen LogP contribution in [0.2, 0.25) is 0 Å². The Kier molecular flexibility index (Phi) is 6.14. The van der Waals surface area contributed by atoms with Gasteiger partial charge in [-0.1, -0.05) is 39.0 Å². The van der Waals surface area contributed by atoms with Crippen molar-refractivity contribution in [2.75, 3.05) is 29.9 Å². The number of carbonyl (C=O) groups excluding carboxylic acids is 1. The van der Waals surface area contributed by atoms with Gasteiger partial charge in [0.2, 0.25) is 5.91 Å². The van der Waals surface area contributed by atoms with Crippen LogP contribution in [0.4, 0.5) is 5.69 Å². The second kappa shape index (κ2) is 7.77. The molecule has 1 atom stereocenters. The van der Waals surface area contributed by atoms with Gasteiger partial charge in [-0.2, -0.15) is 0 Å². The SMILES string of the molecule is CCN(C(=O)CCNc1ccccc1C(C)(C)C)C1CCS(=O)(=O)C1. The van der Waals surface area contributed by atoms with Gasteiger partial charge < -0.3 is 10.2 Å².